The van der Waals surface area contributed by atoms with E-state index in [4.69, 9.17) is 4.74 Å². The summed E-state index contributed by atoms with van der Waals surface area (Å²) in [5, 5.41) is 6.03. The molecule has 6 nitrogen and oxygen atoms in total. The molecule has 0 aliphatic heterocycles. The van der Waals surface area contributed by atoms with E-state index in [1.165, 1.54) is 12.5 Å². The maximum absolute atomic E-state index is 11.1. The van der Waals surface area contributed by atoms with Gasteiger partial charge in [-0.05, 0) is 29.8 Å². The van der Waals surface area contributed by atoms with Crippen molar-refractivity contribution in [3.05, 3.63) is 58.6 Å². The van der Waals surface area contributed by atoms with E-state index in [1.54, 1.807) is 13.1 Å². The summed E-state index contributed by atoms with van der Waals surface area (Å²) in [7, 11) is 3.76. The number of benzene rings is 2. The van der Waals surface area contributed by atoms with E-state index in [9.17, 15) is 4.79 Å². The summed E-state index contributed by atoms with van der Waals surface area (Å²) >= 11 is 3.45. The minimum absolute atomic E-state index is 0.105. The fourth-order valence-electron chi connectivity index (χ4n) is 2.52. The van der Waals surface area contributed by atoms with E-state index >= 15 is 0 Å². The number of anilines is 1. The van der Waals surface area contributed by atoms with E-state index in [2.05, 4.69) is 48.6 Å². The second kappa shape index (κ2) is 10.6. The van der Waals surface area contributed by atoms with Crippen LogP contribution in [0.1, 0.15) is 12.5 Å². The van der Waals surface area contributed by atoms with E-state index in [0.29, 0.717) is 18.9 Å². The fourth-order valence-corrected chi connectivity index (χ4v) is 2.79. The predicted octanol–water partition coefficient (Wildman–Crippen LogP) is 3.49. The topological polar surface area (TPSA) is 66.0 Å². The minimum Gasteiger partial charge on any atom is -0.492 e. The first kappa shape index (κ1) is 20.8. The fraction of sp³-hybridized carbons (Fsp3) is 0.300. The summed E-state index contributed by atoms with van der Waals surface area (Å²) < 4.78 is 6.81. The van der Waals surface area contributed by atoms with Gasteiger partial charge in [0.1, 0.15) is 12.4 Å². The van der Waals surface area contributed by atoms with E-state index in [0.717, 1.165) is 22.7 Å². The van der Waals surface area contributed by atoms with Gasteiger partial charge in [0.25, 0.3) is 0 Å². The SMILES string of the molecule is CN=C(NCCOc1cccc(NC(C)=O)c1)N(C)Cc1ccc(Br)cc1. The molecule has 0 aliphatic carbocycles. The van der Waals surface area contributed by atoms with Crippen molar-refractivity contribution in [1.82, 2.24) is 10.2 Å². The molecule has 0 saturated heterocycles. The van der Waals surface area contributed by atoms with Crippen molar-refractivity contribution in [2.75, 3.05) is 32.6 Å². The Bertz CT molecular complexity index is 778. The molecule has 0 aliphatic rings. The number of ether oxygens (including phenoxy) is 1. The van der Waals surface area contributed by atoms with Crippen LogP contribution in [0.25, 0.3) is 0 Å². The predicted molar refractivity (Wildman–Crippen MR) is 113 cm³/mol. The average Bonchev–Trinajstić information content (AvgIpc) is 2.63. The number of rotatable bonds is 7. The van der Waals surface area contributed by atoms with Crippen molar-refractivity contribution in [2.45, 2.75) is 13.5 Å². The Labute approximate surface area is 168 Å². The summed E-state index contributed by atoms with van der Waals surface area (Å²) in [5.74, 6) is 1.40. The Morgan fingerprint density at radius 2 is 1.96 bits per heavy atom. The molecule has 2 rings (SSSR count). The van der Waals surface area contributed by atoms with Crippen LogP contribution in [0, 0.1) is 0 Å². The monoisotopic (exact) mass is 432 g/mol. The third kappa shape index (κ3) is 7.30. The van der Waals surface area contributed by atoms with Crippen LogP contribution in [-0.4, -0.2) is 44.0 Å². The molecule has 7 heteroatoms. The smallest absolute Gasteiger partial charge is 0.221 e. The lowest BCUT2D eigenvalue weighted by Crippen LogP contribution is -2.40. The number of amides is 1. The maximum Gasteiger partial charge on any atom is 0.221 e. The summed E-state index contributed by atoms with van der Waals surface area (Å²) in [6.07, 6.45) is 0. The van der Waals surface area contributed by atoms with E-state index < -0.39 is 0 Å². The maximum atomic E-state index is 11.1. The highest BCUT2D eigenvalue weighted by atomic mass is 79.9. The molecule has 0 spiro atoms. The van der Waals surface area contributed by atoms with Gasteiger partial charge in [0.2, 0.25) is 5.91 Å². The molecule has 2 N–H and O–H groups in total. The van der Waals surface area contributed by atoms with Gasteiger partial charge in [0, 0.05) is 43.8 Å². The molecule has 144 valence electrons. The van der Waals surface area contributed by atoms with Crippen LogP contribution in [0.5, 0.6) is 5.75 Å². The zero-order valence-corrected chi connectivity index (χ0v) is 17.4. The molecule has 0 heterocycles. The number of nitrogens with zero attached hydrogens (tertiary/aromatic N) is 2. The van der Waals surface area contributed by atoms with Gasteiger partial charge >= 0.3 is 0 Å². The highest BCUT2D eigenvalue weighted by Gasteiger charge is 2.06. The van der Waals surface area contributed by atoms with Crippen molar-refractivity contribution < 1.29 is 9.53 Å². The zero-order valence-electron chi connectivity index (χ0n) is 15.8. The molecular weight excluding hydrogens is 408 g/mol. The summed E-state index contributed by atoms with van der Waals surface area (Å²) in [5.41, 5.74) is 1.92. The molecule has 0 fully saturated rings. The van der Waals surface area contributed by atoms with Crippen LogP contribution in [0.3, 0.4) is 0 Å². The summed E-state index contributed by atoms with van der Waals surface area (Å²) in [6.45, 7) is 3.33. The van der Waals surface area contributed by atoms with Crippen molar-refractivity contribution in [1.29, 1.82) is 0 Å². The zero-order chi connectivity index (χ0) is 19.6. The second-order valence-corrected chi connectivity index (χ2v) is 6.93. The quantitative estimate of drug-likeness (QED) is 0.399. The number of guanidine groups is 1. The van der Waals surface area contributed by atoms with Crippen molar-refractivity contribution >= 4 is 33.5 Å². The molecule has 0 saturated carbocycles. The van der Waals surface area contributed by atoms with Crippen molar-refractivity contribution in [3.8, 4) is 5.75 Å². The number of hydrogen-bond acceptors (Lipinski definition) is 3. The molecule has 0 atom stereocenters. The van der Waals surface area contributed by atoms with Crippen LogP contribution < -0.4 is 15.4 Å². The first-order chi connectivity index (χ1) is 13.0. The van der Waals surface area contributed by atoms with Gasteiger partial charge < -0.3 is 20.3 Å². The lowest BCUT2D eigenvalue weighted by molar-refractivity contribution is -0.114. The number of nitrogens with one attached hydrogen (secondary N) is 2. The van der Waals surface area contributed by atoms with Crippen LogP contribution >= 0.6 is 15.9 Å². The van der Waals surface area contributed by atoms with Gasteiger partial charge in [-0.2, -0.15) is 0 Å². The van der Waals surface area contributed by atoms with E-state index in [1.807, 2.05) is 37.4 Å². The average molecular weight is 433 g/mol. The van der Waals surface area contributed by atoms with Gasteiger partial charge in [-0.15, -0.1) is 0 Å². The molecule has 2 aromatic carbocycles. The van der Waals surface area contributed by atoms with Crippen molar-refractivity contribution in [2.24, 2.45) is 4.99 Å². The standard InChI is InChI=1S/C20H25BrN4O2/c1-15(26)24-18-5-4-6-19(13-18)27-12-11-23-20(22-2)25(3)14-16-7-9-17(21)10-8-16/h4-10,13H,11-12,14H2,1-3H3,(H,22,23)(H,24,26). The second-order valence-electron chi connectivity index (χ2n) is 6.01. The summed E-state index contributed by atoms with van der Waals surface area (Å²) in [6, 6.07) is 15.6. The first-order valence-corrected chi connectivity index (χ1v) is 9.44. The number of carbonyl (C=O) groups is 1. The Hall–Kier alpha value is -2.54. The number of halogens is 1. The molecule has 2 aromatic rings. The molecule has 0 bridgehead atoms. The molecular formula is C20H25BrN4O2. The van der Waals surface area contributed by atoms with Crippen molar-refractivity contribution in [3.63, 3.8) is 0 Å². The summed E-state index contributed by atoms with van der Waals surface area (Å²) in [4.78, 5) is 17.5. The molecule has 0 unspecified atom stereocenters. The van der Waals surface area contributed by atoms with Crippen LogP contribution in [0.2, 0.25) is 0 Å². The third-order valence-electron chi connectivity index (χ3n) is 3.71. The highest BCUT2D eigenvalue weighted by Crippen LogP contribution is 2.17. The van der Waals surface area contributed by atoms with Gasteiger partial charge in [0.05, 0.1) is 6.54 Å². The van der Waals surface area contributed by atoms with Gasteiger partial charge in [-0.3, -0.25) is 9.79 Å². The number of aliphatic imine (C=N–C) groups is 1. The molecule has 0 aromatic heterocycles. The molecule has 1 amide bonds. The Kier molecular flexibility index (Phi) is 8.13. The third-order valence-corrected chi connectivity index (χ3v) is 4.24. The molecule has 0 radical (unpaired) electrons. The van der Waals surface area contributed by atoms with Gasteiger partial charge in [0.15, 0.2) is 5.96 Å². The normalized spacial score (nSPS) is 11.0. The Morgan fingerprint density at radius 1 is 1.22 bits per heavy atom. The first-order valence-electron chi connectivity index (χ1n) is 8.64. The van der Waals surface area contributed by atoms with Gasteiger partial charge in [-0.25, -0.2) is 0 Å². The van der Waals surface area contributed by atoms with Crippen LogP contribution in [0.15, 0.2) is 58.0 Å². The molecule has 27 heavy (non-hydrogen) atoms. The van der Waals surface area contributed by atoms with Crippen LogP contribution in [0.4, 0.5) is 5.69 Å². The largest absolute Gasteiger partial charge is 0.492 e. The van der Waals surface area contributed by atoms with Gasteiger partial charge in [-0.1, -0.05) is 34.1 Å². The Balaban J connectivity index is 1.79. The Morgan fingerprint density at radius 3 is 2.63 bits per heavy atom. The lowest BCUT2D eigenvalue weighted by Gasteiger charge is -2.22. The highest BCUT2D eigenvalue weighted by molar-refractivity contribution is 9.10. The number of hydrogen-bond donors (Lipinski definition) is 2. The minimum atomic E-state index is -0.105. The van der Waals surface area contributed by atoms with Crippen LogP contribution in [-0.2, 0) is 11.3 Å². The van der Waals surface area contributed by atoms with E-state index in [-0.39, 0.29) is 5.91 Å². The lowest BCUT2D eigenvalue weighted by atomic mass is 10.2. The number of carbonyl (C=O) groups excluding carboxylic acids is 1.